The van der Waals surface area contributed by atoms with Gasteiger partial charge in [0.25, 0.3) is 0 Å². The summed E-state index contributed by atoms with van der Waals surface area (Å²) in [5.74, 6) is 0.809. The lowest BCUT2D eigenvalue weighted by Crippen LogP contribution is -2.04. The Hall–Kier alpha value is -1.19. The average molecular weight is 270 g/mol. The Morgan fingerprint density at radius 3 is 2.71 bits per heavy atom. The third kappa shape index (κ3) is 2.56. The monoisotopic (exact) mass is 269 g/mol. The molecule has 3 nitrogen and oxygen atoms in total. The van der Waals surface area contributed by atoms with E-state index in [9.17, 15) is 0 Å². The number of hydrogen-bond acceptors (Lipinski definition) is 2. The predicted molar refractivity (Wildman–Crippen MR) is 72.5 cm³/mol. The van der Waals surface area contributed by atoms with Gasteiger partial charge in [-0.15, -0.1) is 0 Å². The lowest BCUT2D eigenvalue weighted by molar-refractivity contribution is 1.02. The first-order chi connectivity index (χ1) is 8.11. The van der Waals surface area contributed by atoms with Gasteiger partial charge >= 0.3 is 0 Å². The minimum absolute atomic E-state index is 0.540. The van der Waals surface area contributed by atoms with Crippen LogP contribution in [0.5, 0.6) is 0 Å². The summed E-state index contributed by atoms with van der Waals surface area (Å²) >= 11 is 11.9. The van der Waals surface area contributed by atoms with Gasteiger partial charge in [0.1, 0.15) is 0 Å². The molecule has 17 heavy (non-hydrogen) atoms. The molecular formula is C12H13Cl2N3. The van der Waals surface area contributed by atoms with E-state index in [0.29, 0.717) is 10.0 Å². The van der Waals surface area contributed by atoms with Crippen LogP contribution in [0.3, 0.4) is 0 Å². The van der Waals surface area contributed by atoms with Gasteiger partial charge in [-0.25, -0.2) is 4.98 Å². The molecule has 0 unspecified atom stereocenters. The Kier molecular flexibility index (Phi) is 3.60. The van der Waals surface area contributed by atoms with Crippen molar-refractivity contribution in [2.75, 3.05) is 11.9 Å². The minimum atomic E-state index is 0.540. The normalized spacial score (nSPS) is 10.6. The molecule has 0 bridgehead atoms. The van der Waals surface area contributed by atoms with Gasteiger partial charge in [-0.3, -0.25) is 4.57 Å². The van der Waals surface area contributed by atoms with Gasteiger partial charge in [0.2, 0.25) is 5.95 Å². The van der Waals surface area contributed by atoms with Crippen LogP contribution in [0.15, 0.2) is 24.4 Å². The second-order valence-electron chi connectivity index (χ2n) is 3.70. The first-order valence-electron chi connectivity index (χ1n) is 5.37. The van der Waals surface area contributed by atoms with Crippen molar-refractivity contribution in [3.8, 4) is 5.69 Å². The average Bonchev–Trinajstić information content (AvgIpc) is 2.64. The molecule has 1 aromatic carbocycles. The summed E-state index contributed by atoms with van der Waals surface area (Å²) < 4.78 is 1.96. The molecule has 0 aliphatic heterocycles. The van der Waals surface area contributed by atoms with Crippen LogP contribution >= 0.6 is 23.2 Å². The predicted octanol–water partition coefficient (Wildman–Crippen LogP) is 3.92. The van der Waals surface area contributed by atoms with Crippen LogP contribution in [-0.2, 0) is 0 Å². The Morgan fingerprint density at radius 2 is 2.06 bits per heavy atom. The van der Waals surface area contributed by atoms with Crippen molar-refractivity contribution in [3.63, 3.8) is 0 Å². The Labute approximate surface area is 110 Å². The summed E-state index contributed by atoms with van der Waals surface area (Å²) in [5, 5.41) is 4.30. The minimum Gasteiger partial charge on any atom is -0.356 e. The highest BCUT2D eigenvalue weighted by Crippen LogP contribution is 2.26. The highest BCUT2D eigenvalue weighted by molar-refractivity contribution is 6.42. The number of hydrogen-bond donors (Lipinski definition) is 1. The maximum atomic E-state index is 6.01. The first-order valence-corrected chi connectivity index (χ1v) is 6.12. The number of rotatable bonds is 3. The molecule has 0 fully saturated rings. The van der Waals surface area contributed by atoms with Gasteiger partial charge in [0.05, 0.1) is 21.4 Å². The van der Waals surface area contributed by atoms with E-state index in [0.717, 1.165) is 23.9 Å². The third-order valence-electron chi connectivity index (χ3n) is 2.34. The second-order valence-corrected chi connectivity index (χ2v) is 4.52. The molecule has 5 heteroatoms. The fraction of sp³-hybridized carbons (Fsp3) is 0.250. The molecule has 0 amide bonds. The van der Waals surface area contributed by atoms with Crippen LogP contribution in [-0.4, -0.2) is 16.1 Å². The van der Waals surface area contributed by atoms with Crippen LogP contribution in [0, 0.1) is 6.92 Å². The highest BCUT2D eigenvalue weighted by atomic mass is 35.5. The summed E-state index contributed by atoms with van der Waals surface area (Å²) in [6.07, 6.45) is 1.96. The molecule has 2 rings (SSSR count). The summed E-state index contributed by atoms with van der Waals surface area (Å²) in [4.78, 5) is 4.40. The van der Waals surface area contributed by atoms with Gasteiger partial charge < -0.3 is 5.32 Å². The molecule has 0 aliphatic rings. The van der Waals surface area contributed by atoms with E-state index in [4.69, 9.17) is 23.2 Å². The molecule has 0 saturated heterocycles. The number of aromatic nitrogens is 2. The van der Waals surface area contributed by atoms with Crippen molar-refractivity contribution in [2.45, 2.75) is 13.8 Å². The molecule has 0 spiro atoms. The Morgan fingerprint density at radius 1 is 1.29 bits per heavy atom. The fourth-order valence-electron chi connectivity index (χ4n) is 1.61. The van der Waals surface area contributed by atoms with Gasteiger partial charge in [0, 0.05) is 12.7 Å². The SMILES string of the molecule is CCNc1nc(C)cn1-c1ccc(Cl)c(Cl)c1. The molecular weight excluding hydrogens is 257 g/mol. The van der Waals surface area contributed by atoms with Crippen molar-refractivity contribution in [1.29, 1.82) is 0 Å². The van der Waals surface area contributed by atoms with Crippen LogP contribution < -0.4 is 5.32 Å². The smallest absolute Gasteiger partial charge is 0.207 e. The molecule has 0 aliphatic carbocycles. The van der Waals surface area contributed by atoms with E-state index in [-0.39, 0.29) is 0 Å². The molecule has 1 N–H and O–H groups in total. The number of nitrogens with one attached hydrogen (secondary N) is 1. The lowest BCUT2D eigenvalue weighted by atomic mass is 10.3. The van der Waals surface area contributed by atoms with Gasteiger partial charge in [-0.1, -0.05) is 23.2 Å². The third-order valence-corrected chi connectivity index (χ3v) is 3.08. The van der Waals surface area contributed by atoms with Crippen LogP contribution in [0.25, 0.3) is 5.69 Å². The van der Waals surface area contributed by atoms with Crippen molar-refractivity contribution >= 4 is 29.2 Å². The number of nitrogens with zero attached hydrogens (tertiary/aromatic N) is 2. The largest absolute Gasteiger partial charge is 0.356 e. The molecule has 0 atom stereocenters. The number of benzene rings is 1. The summed E-state index contributed by atoms with van der Waals surface area (Å²) in [6.45, 7) is 4.80. The van der Waals surface area contributed by atoms with Gasteiger partial charge in [-0.2, -0.15) is 0 Å². The lowest BCUT2D eigenvalue weighted by Gasteiger charge is -2.09. The van der Waals surface area contributed by atoms with Crippen molar-refractivity contribution in [2.24, 2.45) is 0 Å². The maximum Gasteiger partial charge on any atom is 0.207 e. The summed E-state index contributed by atoms with van der Waals surface area (Å²) in [7, 11) is 0. The zero-order chi connectivity index (χ0) is 12.4. The summed E-state index contributed by atoms with van der Waals surface area (Å²) in [6, 6.07) is 5.52. The topological polar surface area (TPSA) is 29.9 Å². The van der Waals surface area contributed by atoms with E-state index < -0.39 is 0 Å². The van der Waals surface area contributed by atoms with E-state index in [2.05, 4.69) is 10.3 Å². The van der Waals surface area contributed by atoms with Gasteiger partial charge in [-0.05, 0) is 32.0 Å². The van der Waals surface area contributed by atoms with Crippen LogP contribution in [0.1, 0.15) is 12.6 Å². The molecule has 90 valence electrons. The van der Waals surface area contributed by atoms with Crippen molar-refractivity contribution < 1.29 is 0 Å². The maximum absolute atomic E-state index is 6.01. The molecule has 1 heterocycles. The van der Waals surface area contributed by atoms with Crippen molar-refractivity contribution in [1.82, 2.24) is 9.55 Å². The quantitative estimate of drug-likeness (QED) is 0.916. The van der Waals surface area contributed by atoms with Crippen LogP contribution in [0.4, 0.5) is 5.95 Å². The second kappa shape index (κ2) is 4.98. The van der Waals surface area contributed by atoms with Crippen molar-refractivity contribution in [3.05, 3.63) is 40.1 Å². The number of aryl methyl sites for hydroxylation is 1. The van der Waals surface area contributed by atoms with Crippen LogP contribution in [0.2, 0.25) is 10.0 Å². The zero-order valence-electron chi connectivity index (χ0n) is 9.67. The number of anilines is 1. The number of halogens is 2. The zero-order valence-corrected chi connectivity index (χ0v) is 11.2. The van der Waals surface area contributed by atoms with E-state index in [1.165, 1.54) is 0 Å². The van der Waals surface area contributed by atoms with Gasteiger partial charge in [0.15, 0.2) is 0 Å². The highest BCUT2D eigenvalue weighted by Gasteiger charge is 2.08. The Balaban J connectivity index is 2.47. The Bertz CT molecular complexity index is 535. The van der Waals surface area contributed by atoms with E-state index in [1.54, 1.807) is 6.07 Å². The number of imidazole rings is 1. The fourth-order valence-corrected chi connectivity index (χ4v) is 1.90. The van der Waals surface area contributed by atoms with E-state index >= 15 is 0 Å². The summed E-state index contributed by atoms with van der Waals surface area (Å²) in [5.41, 5.74) is 1.89. The standard InChI is InChI=1S/C12H13Cl2N3/c1-3-15-12-16-8(2)7-17(12)9-4-5-10(13)11(14)6-9/h4-7H,3H2,1-2H3,(H,15,16). The molecule has 0 radical (unpaired) electrons. The van der Waals surface area contributed by atoms with E-state index in [1.807, 2.05) is 36.7 Å². The molecule has 2 aromatic rings. The molecule has 1 aromatic heterocycles. The first kappa shape index (κ1) is 12.3. The molecule has 0 saturated carbocycles.